The minimum atomic E-state index is 0.0797. The van der Waals surface area contributed by atoms with Crippen LogP contribution in [0.15, 0.2) is 29.3 Å². The first-order valence-corrected chi connectivity index (χ1v) is 9.78. The van der Waals surface area contributed by atoms with Crippen molar-refractivity contribution in [3.63, 3.8) is 0 Å². The molecule has 1 amide bonds. The maximum Gasteiger partial charge on any atom is 0.231 e. The Morgan fingerprint density at radius 1 is 1.04 bits per heavy atom. The van der Waals surface area contributed by atoms with Crippen LogP contribution in [0.1, 0.15) is 32.1 Å². The van der Waals surface area contributed by atoms with E-state index in [1.165, 1.54) is 12.8 Å². The van der Waals surface area contributed by atoms with Crippen LogP contribution in [0.2, 0.25) is 0 Å². The van der Waals surface area contributed by atoms with Gasteiger partial charge in [-0.3, -0.25) is 10.1 Å². The molecule has 1 N–H and O–H groups in total. The largest absolute Gasteiger partial charge is 0.495 e. The lowest BCUT2D eigenvalue weighted by atomic mass is 9.93. The van der Waals surface area contributed by atoms with Crippen molar-refractivity contribution >= 4 is 17.6 Å². The number of ether oxygens (including phenoxy) is 1. The number of anilines is 1. The molecule has 6 heteroatoms. The van der Waals surface area contributed by atoms with Gasteiger partial charge in [-0.25, -0.2) is 4.99 Å². The highest BCUT2D eigenvalue weighted by molar-refractivity contribution is 6.00. The number of hydrogen-bond donors (Lipinski definition) is 1. The van der Waals surface area contributed by atoms with Gasteiger partial charge in [0.1, 0.15) is 5.75 Å². The molecular weight excluding hydrogens is 328 g/mol. The Kier molecular flexibility index (Phi) is 5.00. The summed E-state index contributed by atoms with van der Waals surface area (Å²) in [5, 5.41) is 3.08. The highest BCUT2D eigenvalue weighted by atomic mass is 16.5. The van der Waals surface area contributed by atoms with Crippen LogP contribution in [0.4, 0.5) is 5.69 Å². The first kappa shape index (κ1) is 17.2. The number of rotatable bonds is 2. The summed E-state index contributed by atoms with van der Waals surface area (Å²) in [5.74, 6) is 1.95. The maximum atomic E-state index is 12.6. The lowest BCUT2D eigenvalue weighted by Gasteiger charge is -2.40. The van der Waals surface area contributed by atoms with Crippen molar-refractivity contribution in [1.29, 1.82) is 0 Å². The van der Waals surface area contributed by atoms with E-state index in [1.807, 2.05) is 18.2 Å². The number of nitrogens with one attached hydrogen (secondary N) is 1. The molecule has 1 saturated heterocycles. The van der Waals surface area contributed by atoms with Crippen LogP contribution >= 0.6 is 0 Å². The van der Waals surface area contributed by atoms with Gasteiger partial charge in [0.25, 0.3) is 0 Å². The predicted molar refractivity (Wildman–Crippen MR) is 103 cm³/mol. The second-order valence-electron chi connectivity index (χ2n) is 7.40. The summed E-state index contributed by atoms with van der Waals surface area (Å²) < 4.78 is 5.49. The summed E-state index contributed by atoms with van der Waals surface area (Å²) in [6.07, 6.45) is 5.59. The van der Waals surface area contributed by atoms with E-state index >= 15 is 0 Å². The summed E-state index contributed by atoms with van der Waals surface area (Å²) in [6.45, 7) is 3.50. The highest BCUT2D eigenvalue weighted by Crippen LogP contribution is 2.30. The van der Waals surface area contributed by atoms with Crippen molar-refractivity contribution in [1.82, 2.24) is 10.2 Å². The lowest BCUT2D eigenvalue weighted by Crippen LogP contribution is -2.57. The summed E-state index contributed by atoms with van der Waals surface area (Å²) in [5.41, 5.74) is 1.13. The van der Waals surface area contributed by atoms with Crippen molar-refractivity contribution in [2.45, 2.75) is 38.1 Å². The first-order chi connectivity index (χ1) is 12.8. The van der Waals surface area contributed by atoms with Gasteiger partial charge in [0.2, 0.25) is 11.9 Å². The fourth-order valence-corrected chi connectivity index (χ4v) is 4.35. The fourth-order valence-electron chi connectivity index (χ4n) is 4.35. The summed E-state index contributed by atoms with van der Waals surface area (Å²) in [7, 11) is 1.71. The Bertz CT molecular complexity index is 682. The molecule has 26 heavy (non-hydrogen) atoms. The number of para-hydroxylation sites is 2. The number of methoxy groups -OCH3 is 1. The summed E-state index contributed by atoms with van der Waals surface area (Å²) >= 11 is 0. The molecule has 1 aromatic carbocycles. The molecule has 1 saturated carbocycles. The second-order valence-corrected chi connectivity index (χ2v) is 7.40. The molecule has 0 spiro atoms. The molecule has 2 heterocycles. The van der Waals surface area contributed by atoms with Gasteiger partial charge in [0.15, 0.2) is 0 Å². The Hall–Kier alpha value is -2.24. The van der Waals surface area contributed by atoms with E-state index in [0.29, 0.717) is 0 Å². The number of amides is 1. The van der Waals surface area contributed by atoms with Gasteiger partial charge in [0, 0.05) is 26.2 Å². The number of carbonyl (C=O) groups is 1. The van der Waals surface area contributed by atoms with E-state index in [-0.39, 0.29) is 17.9 Å². The summed E-state index contributed by atoms with van der Waals surface area (Å²) in [6, 6.07) is 8.31. The molecule has 0 bridgehead atoms. The van der Waals surface area contributed by atoms with Gasteiger partial charge < -0.3 is 14.5 Å². The van der Waals surface area contributed by atoms with Crippen LogP contribution < -0.4 is 15.0 Å². The van der Waals surface area contributed by atoms with E-state index in [9.17, 15) is 4.79 Å². The van der Waals surface area contributed by atoms with Gasteiger partial charge >= 0.3 is 0 Å². The second kappa shape index (κ2) is 7.56. The zero-order valence-electron chi connectivity index (χ0n) is 15.5. The first-order valence-electron chi connectivity index (χ1n) is 9.78. The van der Waals surface area contributed by atoms with Crippen molar-refractivity contribution in [2.24, 2.45) is 10.9 Å². The van der Waals surface area contributed by atoms with Crippen LogP contribution in [0, 0.1) is 5.92 Å². The molecule has 6 nitrogen and oxygen atoms in total. The zero-order chi connectivity index (χ0) is 17.9. The minimum Gasteiger partial charge on any atom is -0.495 e. The number of benzene rings is 1. The Labute approximate surface area is 155 Å². The molecule has 1 aromatic rings. The third kappa shape index (κ3) is 3.37. The molecule has 0 radical (unpaired) electrons. The quantitative estimate of drug-likeness (QED) is 0.883. The smallest absolute Gasteiger partial charge is 0.231 e. The van der Waals surface area contributed by atoms with E-state index < -0.39 is 0 Å². The highest BCUT2D eigenvalue weighted by Gasteiger charge is 2.35. The van der Waals surface area contributed by atoms with Crippen LogP contribution in [0.5, 0.6) is 5.75 Å². The minimum absolute atomic E-state index is 0.0797. The monoisotopic (exact) mass is 356 g/mol. The van der Waals surface area contributed by atoms with Crippen LogP contribution in [0.25, 0.3) is 0 Å². The molecule has 4 rings (SSSR count). The summed E-state index contributed by atoms with van der Waals surface area (Å²) in [4.78, 5) is 22.1. The van der Waals surface area contributed by atoms with Crippen LogP contribution in [-0.2, 0) is 4.79 Å². The zero-order valence-corrected chi connectivity index (χ0v) is 15.5. The van der Waals surface area contributed by atoms with E-state index in [0.717, 1.165) is 62.8 Å². The maximum absolute atomic E-state index is 12.6. The van der Waals surface area contributed by atoms with Crippen molar-refractivity contribution in [3.05, 3.63) is 24.3 Å². The van der Waals surface area contributed by atoms with Gasteiger partial charge in [-0.15, -0.1) is 0 Å². The van der Waals surface area contributed by atoms with E-state index in [4.69, 9.17) is 9.73 Å². The Morgan fingerprint density at radius 3 is 2.58 bits per heavy atom. The number of carbonyl (C=O) groups excluding carboxylic acids is 1. The SMILES string of the molecule is COc1ccccc1N1CCN(C2=NC3CCCCCC3C(=O)N2)CC1. The Morgan fingerprint density at radius 2 is 1.77 bits per heavy atom. The Balaban J connectivity index is 1.44. The molecule has 140 valence electrons. The van der Waals surface area contributed by atoms with Gasteiger partial charge in [0.05, 0.1) is 24.8 Å². The lowest BCUT2D eigenvalue weighted by molar-refractivity contribution is -0.125. The van der Waals surface area contributed by atoms with E-state index in [2.05, 4.69) is 21.2 Å². The molecule has 0 aromatic heterocycles. The topological polar surface area (TPSA) is 57.2 Å². The number of nitrogens with zero attached hydrogens (tertiary/aromatic N) is 3. The molecule has 2 atom stereocenters. The molecular formula is C20H28N4O2. The average molecular weight is 356 g/mol. The molecule has 2 fully saturated rings. The number of piperazine rings is 1. The van der Waals surface area contributed by atoms with Gasteiger partial charge in [-0.05, 0) is 25.0 Å². The standard InChI is InChI=1S/C20H28N4O2/c1-26-18-10-6-5-9-17(18)23-11-13-24(14-12-23)20-21-16-8-4-2-3-7-15(16)19(25)22-20/h5-6,9-10,15-16H,2-4,7-8,11-14H2,1H3,(H,21,22,25). The van der Waals surface area contributed by atoms with E-state index in [1.54, 1.807) is 7.11 Å². The fraction of sp³-hybridized carbons (Fsp3) is 0.600. The van der Waals surface area contributed by atoms with Gasteiger partial charge in [-0.2, -0.15) is 0 Å². The van der Waals surface area contributed by atoms with Crippen molar-refractivity contribution < 1.29 is 9.53 Å². The van der Waals surface area contributed by atoms with Crippen LogP contribution in [0.3, 0.4) is 0 Å². The van der Waals surface area contributed by atoms with Crippen LogP contribution in [-0.4, -0.2) is 56.1 Å². The van der Waals surface area contributed by atoms with Crippen molar-refractivity contribution in [2.75, 3.05) is 38.2 Å². The third-order valence-corrected chi connectivity index (χ3v) is 5.84. The third-order valence-electron chi connectivity index (χ3n) is 5.84. The predicted octanol–water partition coefficient (Wildman–Crippen LogP) is 2.25. The normalized spacial score (nSPS) is 26.5. The van der Waals surface area contributed by atoms with Gasteiger partial charge in [-0.1, -0.05) is 31.4 Å². The number of aliphatic imine (C=N–C) groups is 1. The molecule has 3 aliphatic rings. The van der Waals surface area contributed by atoms with Crippen molar-refractivity contribution in [3.8, 4) is 5.75 Å². The number of fused-ring (bicyclic) bond motifs is 1. The number of hydrogen-bond acceptors (Lipinski definition) is 5. The molecule has 1 aliphatic carbocycles. The number of guanidine groups is 1. The molecule has 2 aliphatic heterocycles. The molecule has 2 unspecified atom stereocenters. The average Bonchev–Trinajstić information content (AvgIpc) is 2.94.